The molecule has 21 heavy (non-hydrogen) atoms. The van der Waals surface area contributed by atoms with Crippen LogP contribution in [0.1, 0.15) is 31.7 Å². The first-order chi connectivity index (χ1) is 9.64. The van der Waals surface area contributed by atoms with Gasteiger partial charge in [0.2, 0.25) is 5.91 Å². The van der Waals surface area contributed by atoms with Crippen LogP contribution in [0.2, 0.25) is 5.02 Å². The summed E-state index contributed by atoms with van der Waals surface area (Å²) in [5.74, 6) is -0.486. The van der Waals surface area contributed by atoms with E-state index in [4.69, 9.17) is 17.3 Å². The Morgan fingerprint density at radius 3 is 2.67 bits per heavy atom. The van der Waals surface area contributed by atoms with Gasteiger partial charge in [0.05, 0.1) is 16.7 Å². The minimum atomic E-state index is -4.59. The van der Waals surface area contributed by atoms with E-state index in [1.54, 1.807) is 6.92 Å². The molecule has 116 valence electrons. The maximum Gasteiger partial charge on any atom is 0.418 e. The largest absolute Gasteiger partial charge is 0.418 e. The van der Waals surface area contributed by atoms with Gasteiger partial charge in [0.15, 0.2) is 0 Å². The Morgan fingerprint density at radius 2 is 2.14 bits per heavy atom. The molecule has 0 heterocycles. The van der Waals surface area contributed by atoms with Crippen molar-refractivity contribution in [3.63, 3.8) is 0 Å². The van der Waals surface area contributed by atoms with Crippen molar-refractivity contribution >= 4 is 23.2 Å². The summed E-state index contributed by atoms with van der Waals surface area (Å²) in [5, 5.41) is 2.32. The van der Waals surface area contributed by atoms with Crippen molar-refractivity contribution in [2.45, 2.75) is 38.4 Å². The highest BCUT2D eigenvalue weighted by Gasteiger charge is 2.44. The number of carbonyl (C=O) groups is 1. The minimum absolute atomic E-state index is 0.0379. The summed E-state index contributed by atoms with van der Waals surface area (Å²) in [5.41, 5.74) is 3.81. The maximum absolute atomic E-state index is 13.0. The van der Waals surface area contributed by atoms with Gasteiger partial charge in [-0.2, -0.15) is 13.2 Å². The van der Waals surface area contributed by atoms with E-state index in [2.05, 4.69) is 5.32 Å². The average molecular weight is 321 g/mol. The lowest BCUT2D eigenvalue weighted by atomic mass is 9.84. The number of benzene rings is 1. The SMILES string of the molecule is CC1(C(=O)Nc2ccc(Cl)cc2C(F)(F)F)CCCC1N. The van der Waals surface area contributed by atoms with Crippen LogP contribution in [0.5, 0.6) is 0 Å². The zero-order chi connectivity index (χ0) is 15.8. The van der Waals surface area contributed by atoms with Crippen LogP contribution in [0.25, 0.3) is 0 Å². The molecule has 2 unspecified atom stereocenters. The highest BCUT2D eigenvalue weighted by molar-refractivity contribution is 6.30. The van der Waals surface area contributed by atoms with E-state index in [9.17, 15) is 18.0 Å². The molecule has 1 aromatic carbocycles. The molecular weight excluding hydrogens is 305 g/mol. The van der Waals surface area contributed by atoms with E-state index in [0.29, 0.717) is 12.8 Å². The zero-order valence-corrected chi connectivity index (χ0v) is 12.2. The highest BCUT2D eigenvalue weighted by atomic mass is 35.5. The maximum atomic E-state index is 13.0. The number of anilines is 1. The lowest BCUT2D eigenvalue weighted by molar-refractivity contribution is -0.137. The number of rotatable bonds is 2. The van der Waals surface area contributed by atoms with Crippen molar-refractivity contribution in [3.8, 4) is 0 Å². The standard InChI is InChI=1S/C14H16ClF3N2O/c1-13(6-2-3-11(13)19)12(21)20-10-5-4-8(15)7-9(10)14(16,17)18/h4-5,7,11H,2-3,6,19H2,1H3,(H,20,21). The van der Waals surface area contributed by atoms with Gasteiger partial charge in [-0.05, 0) is 38.0 Å². The molecule has 3 N–H and O–H groups in total. The number of carbonyl (C=O) groups excluding carboxylic acids is 1. The Morgan fingerprint density at radius 1 is 1.48 bits per heavy atom. The molecular formula is C14H16ClF3N2O. The van der Waals surface area contributed by atoms with Gasteiger partial charge in [-0.1, -0.05) is 18.0 Å². The summed E-state index contributed by atoms with van der Waals surface area (Å²) in [6.45, 7) is 1.68. The molecule has 0 aliphatic heterocycles. The van der Waals surface area contributed by atoms with Gasteiger partial charge in [-0.25, -0.2) is 0 Å². The topological polar surface area (TPSA) is 55.1 Å². The summed E-state index contributed by atoms with van der Waals surface area (Å²) in [7, 11) is 0. The fraction of sp³-hybridized carbons (Fsp3) is 0.500. The zero-order valence-electron chi connectivity index (χ0n) is 11.4. The predicted molar refractivity (Wildman–Crippen MR) is 75.0 cm³/mol. The van der Waals surface area contributed by atoms with Gasteiger partial charge in [-0.3, -0.25) is 4.79 Å². The predicted octanol–water partition coefficient (Wildman–Crippen LogP) is 3.81. The monoisotopic (exact) mass is 320 g/mol. The van der Waals surface area contributed by atoms with Crippen LogP contribution in [0.15, 0.2) is 18.2 Å². The van der Waals surface area contributed by atoms with Crippen LogP contribution in [0.4, 0.5) is 18.9 Å². The first-order valence-corrected chi connectivity index (χ1v) is 6.96. The molecule has 1 aromatic rings. The Bertz CT molecular complexity index is 562. The second kappa shape index (κ2) is 5.50. The van der Waals surface area contributed by atoms with E-state index in [1.807, 2.05) is 0 Å². The van der Waals surface area contributed by atoms with Gasteiger partial charge in [0.1, 0.15) is 0 Å². The number of hydrogen-bond donors (Lipinski definition) is 2. The number of alkyl halides is 3. The quantitative estimate of drug-likeness (QED) is 0.870. The van der Waals surface area contributed by atoms with Crippen molar-refractivity contribution < 1.29 is 18.0 Å². The Labute approximate surface area is 125 Å². The third-order valence-electron chi connectivity index (χ3n) is 4.08. The molecule has 0 spiro atoms. The molecule has 1 amide bonds. The van der Waals surface area contributed by atoms with Crippen LogP contribution >= 0.6 is 11.6 Å². The first kappa shape index (κ1) is 16.1. The lowest BCUT2D eigenvalue weighted by Gasteiger charge is -2.28. The fourth-order valence-electron chi connectivity index (χ4n) is 2.60. The van der Waals surface area contributed by atoms with Gasteiger partial charge in [0, 0.05) is 11.1 Å². The van der Waals surface area contributed by atoms with Gasteiger partial charge in [-0.15, -0.1) is 0 Å². The molecule has 1 aliphatic rings. The summed E-state index contributed by atoms with van der Waals surface area (Å²) >= 11 is 5.60. The second-order valence-electron chi connectivity index (χ2n) is 5.56. The molecule has 7 heteroatoms. The van der Waals surface area contributed by atoms with E-state index in [0.717, 1.165) is 18.6 Å². The van der Waals surface area contributed by atoms with Crippen LogP contribution in [-0.2, 0) is 11.0 Å². The highest BCUT2D eigenvalue weighted by Crippen LogP contribution is 2.40. The molecule has 1 saturated carbocycles. The summed E-state index contributed by atoms with van der Waals surface area (Å²) in [4.78, 5) is 12.3. The molecule has 0 radical (unpaired) electrons. The van der Waals surface area contributed by atoms with Crippen molar-refractivity contribution in [3.05, 3.63) is 28.8 Å². The molecule has 2 atom stereocenters. The molecule has 3 nitrogen and oxygen atoms in total. The van der Waals surface area contributed by atoms with Crippen LogP contribution in [0, 0.1) is 5.41 Å². The van der Waals surface area contributed by atoms with Crippen molar-refractivity contribution in [1.82, 2.24) is 0 Å². The summed E-state index contributed by atoms with van der Waals surface area (Å²) in [6, 6.07) is 2.92. The van der Waals surface area contributed by atoms with Crippen molar-refractivity contribution in [1.29, 1.82) is 0 Å². The molecule has 0 bridgehead atoms. The van der Waals surface area contributed by atoms with E-state index in [-0.39, 0.29) is 16.8 Å². The molecule has 1 fully saturated rings. The van der Waals surface area contributed by atoms with Crippen LogP contribution < -0.4 is 11.1 Å². The van der Waals surface area contributed by atoms with Crippen molar-refractivity contribution in [2.24, 2.45) is 11.1 Å². The normalized spacial score (nSPS) is 25.9. The Balaban J connectivity index is 2.30. The lowest BCUT2D eigenvalue weighted by Crippen LogP contribution is -2.44. The molecule has 2 rings (SSSR count). The van der Waals surface area contributed by atoms with E-state index >= 15 is 0 Å². The number of amides is 1. The van der Waals surface area contributed by atoms with Crippen molar-refractivity contribution in [2.75, 3.05) is 5.32 Å². The summed E-state index contributed by atoms with van der Waals surface area (Å²) in [6.07, 6.45) is -2.55. The molecule has 1 aliphatic carbocycles. The van der Waals surface area contributed by atoms with Gasteiger partial charge >= 0.3 is 6.18 Å². The average Bonchev–Trinajstić information content (AvgIpc) is 2.72. The Hall–Kier alpha value is -1.27. The molecule has 0 saturated heterocycles. The second-order valence-corrected chi connectivity index (χ2v) is 5.99. The number of hydrogen-bond acceptors (Lipinski definition) is 2. The van der Waals surface area contributed by atoms with E-state index < -0.39 is 23.1 Å². The van der Waals surface area contributed by atoms with Gasteiger partial charge in [0.25, 0.3) is 0 Å². The number of halogens is 4. The minimum Gasteiger partial charge on any atom is -0.327 e. The number of nitrogens with one attached hydrogen (secondary N) is 1. The Kier molecular flexibility index (Phi) is 4.22. The third-order valence-corrected chi connectivity index (χ3v) is 4.32. The van der Waals surface area contributed by atoms with Crippen LogP contribution in [-0.4, -0.2) is 11.9 Å². The fourth-order valence-corrected chi connectivity index (χ4v) is 2.77. The summed E-state index contributed by atoms with van der Waals surface area (Å²) < 4.78 is 39.0. The molecule has 0 aromatic heterocycles. The van der Waals surface area contributed by atoms with Crippen LogP contribution in [0.3, 0.4) is 0 Å². The van der Waals surface area contributed by atoms with E-state index in [1.165, 1.54) is 6.07 Å². The first-order valence-electron chi connectivity index (χ1n) is 6.58. The third kappa shape index (κ3) is 3.16. The smallest absolute Gasteiger partial charge is 0.327 e. The van der Waals surface area contributed by atoms with Gasteiger partial charge < -0.3 is 11.1 Å². The number of nitrogens with two attached hydrogens (primary N) is 1.